The molecule has 2 heteroatoms. The molecule has 0 aromatic rings. The van der Waals surface area contributed by atoms with E-state index in [-0.39, 0.29) is 0 Å². The summed E-state index contributed by atoms with van der Waals surface area (Å²) in [5, 5.41) is 8.67. The van der Waals surface area contributed by atoms with Crippen LogP contribution in [0.15, 0.2) is 11.3 Å². The Labute approximate surface area is 60.3 Å². The number of hydrogen-bond donors (Lipinski definition) is 1. The van der Waals surface area contributed by atoms with Crippen molar-refractivity contribution in [2.75, 3.05) is 0 Å². The number of fused-ring (bicyclic) bond motifs is 1. The van der Waals surface area contributed by atoms with Gasteiger partial charge >= 0.3 is 0 Å². The first-order valence-corrected chi connectivity index (χ1v) is 3.71. The monoisotopic (exact) mass is 134 g/mol. The lowest BCUT2D eigenvalue weighted by molar-refractivity contribution is 0.241. The van der Waals surface area contributed by atoms with Crippen LogP contribution in [0.3, 0.4) is 0 Å². The summed E-state index contributed by atoms with van der Waals surface area (Å²) in [5.41, 5.74) is 7.41. The van der Waals surface area contributed by atoms with Crippen LogP contribution in [0.25, 0.3) is 0 Å². The molecule has 52 valence electrons. The van der Waals surface area contributed by atoms with Gasteiger partial charge in [-0.05, 0) is 31.1 Å². The SMILES string of the molecule is N#CC1=C(N)CC2CCC12. The van der Waals surface area contributed by atoms with Gasteiger partial charge in [0.05, 0.1) is 11.6 Å². The van der Waals surface area contributed by atoms with Gasteiger partial charge in [0.1, 0.15) is 0 Å². The third-order valence-corrected chi connectivity index (χ3v) is 2.74. The summed E-state index contributed by atoms with van der Waals surface area (Å²) in [6.45, 7) is 0. The minimum absolute atomic E-state index is 0.546. The van der Waals surface area contributed by atoms with Crippen LogP contribution in [-0.2, 0) is 0 Å². The summed E-state index contributed by atoms with van der Waals surface area (Å²) in [7, 11) is 0. The molecule has 1 fully saturated rings. The number of nitrogens with zero attached hydrogens (tertiary/aromatic N) is 1. The molecule has 2 aliphatic rings. The Bertz CT molecular complexity index is 234. The molecule has 0 bridgehead atoms. The highest BCUT2D eigenvalue weighted by Gasteiger charge is 2.40. The van der Waals surface area contributed by atoms with E-state index in [4.69, 9.17) is 11.0 Å². The van der Waals surface area contributed by atoms with Crippen molar-refractivity contribution < 1.29 is 0 Å². The van der Waals surface area contributed by atoms with E-state index in [1.807, 2.05) is 0 Å². The summed E-state index contributed by atoms with van der Waals surface area (Å²) >= 11 is 0. The molecule has 2 rings (SSSR count). The zero-order valence-electron chi connectivity index (χ0n) is 5.80. The van der Waals surface area contributed by atoms with Gasteiger partial charge in [-0.2, -0.15) is 5.26 Å². The molecule has 0 heterocycles. The van der Waals surface area contributed by atoms with Crippen LogP contribution in [0.1, 0.15) is 19.3 Å². The minimum Gasteiger partial charge on any atom is -0.401 e. The molecule has 0 spiro atoms. The van der Waals surface area contributed by atoms with Crippen molar-refractivity contribution in [3.05, 3.63) is 11.3 Å². The fraction of sp³-hybridized carbons (Fsp3) is 0.625. The molecule has 2 unspecified atom stereocenters. The lowest BCUT2D eigenvalue weighted by atomic mass is 9.73. The number of nitriles is 1. The zero-order valence-corrected chi connectivity index (χ0v) is 5.80. The lowest BCUT2D eigenvalue weighted by Crippen LogP contribution is -2.21. The quantitative estimate of drug-likeness (QED) is 0.540. The molecule has 0 saturated heterocycles. The van der Waals surface area contributed by atoms with Crippen LogP contribution in [-0.4, -0.2) is 0 Å². The van der Waals surface area contributed by atoms with Crippen molar-refractivity contribution in [3.8, 4) is 6.07 Å². The van der Waals surface area contributed by atoms with Gasteiger partial charge in [-0.15, -0.1) is 0 Å². The van der Waals surface area contributed by atoms with Gasteiger partial charge < -0.3 is 5.73 Å². The van der Waals surface area contributed by atoms with E-state index in [0.29, 0.717) is 5.92 Å². The van der Waals surface area contributed by atoms with E-state index in [1.54, 1.807) is 0 Å². The first-order chi connectivity index (χ1) is 4.83. The second-order valence-electron chi connectivity index (χ2n) is 3.20. The van der Waals surface area contributed by atoms with Gasteiger partial charge in [0.2, 0.25) is 0 Å². The summed E-state index contributed by atoms with van der Waals surface area (Å²) in [5.74, 6) is 1.28. The van der Waals surface area contributed by atoms with Gasteiger partial charge in [0.15, 0.2) is 0 Å². The van der Waals surface area contributed by atoms with Gasteiger partial charge in [0, 0.05) is 5.70 Å². The van der Waals surface area contributed by atoms with Gasteiger partial charge in [-0.25, -0.2) is 0 Å². The first kappa shape index (κ1) is 5.79. The van der Waals surface area contributed by atoms with Gasteiger partial charge in [-0.3, -0.25) is 0 Å². The van der Waals surface area contributed by atoms with E-state index in [1.165, 1.54) is 12.8 Å². The van der Waals surface area contributed by atoms with E-state index in [0.717, 1.165) is 23.6 Å². The molecule has 0 radical (unpaired) electrons. The normalized spacial score (nSPS) is 36.7. The van der Waals surface area contributed by atoms with Gasteiger partial charge in [-0.1, -0.05) is 0 Å². The number of allylic oxidation sites excluding steroid dienone is 2. The fourth-order valence-electron chi connectivity index (χ4n) is 1.98. The Morgan fingerprint density at radius 3 is 2.60 bits per heavy atom. The van der Waals surface area contributed by atoms with Crippen LogP contribution in [0.5, 0.6) is 0 Å². The Morgan fingerprint density at radius 1 is 1.50 bits per heavy atom. The molecule has 0 amide bonds. The third-order valence-electron chi connectivity index (χ3n) is 2.74. The highest BCUT2D eigenvalue weighted by Crippen LogP contribution is 2.48. The number of nitrogens with two attached hydrogens (primary N) is 1. The largest absolute Gasteiger partial charge is 0.401 e. The van der Waals surface area contributed by atoms with Crippen LogP contribution < -0.4 is 5.73 Å². The molecular formula is C8H10N2. The molecule has 2 aliphatic carbocycles. The highest BCUT2D eigenvalue weighted by atomic mass is 14.6. The van der Waals surface area contributed by atoms with Crippen molar-refractivity contribution in [1.29, 1.82) is 5.26 Å². The summed E-state index contributed by atoms with van der Waals surface area (Å²) < 4.78 is 0. The Balaban J connectivity index is 2.29. The van der Waals surface area contributed by atoms with E-state index >= 15 is 0 Å². The molecule has 2 nitrogen and oxygen atoms in total. The second-order valence-corrected chi connectivity index (χ2v) is 3.20. The first-order valence-electron chi connectivity index (χ1n) is 3.71. The maximum Gasteiger partial charge on any atom is 0.0968 e. The van der Waals surface area contributed by atoms with Crippen molar-refractivity contribution in [2.24, 2.45) is 17.6 Å². The van der Waals surface area contributed by atoms with Crippen molar-refractivity contribution in [2.45, 2.75) is 19.3 Å². The average molecular weight is 134 g/mol. The molecule has 0 aliphatic heterocycles. The van der Waals surface area contributed by atoms with Gasteiger partial charge in [0.25, 0.3) is 0 Å². The van der Waals surface area contributed by atoms with Crippen LogP contribution >= 0.6 is 0 Å². The van der Waals surface area contributed by atoms with Crippen LogP contribution in [0, 0.1) is 23.2 Å². The smallest absolute Gasteiger partial charge is 0.0968 e. The summed E-state index contributed by atoms with van der Waals surface area (Å²) in [6, 6.07) is 2.20. The van der Waals surface area contributed by atoms with Crippen molar-refractivity contribution >= 4 is 0 Å². The zero-order chi connectivity index (χ0) is 7.14. The fourth-order valence-corrected chi connectivity index (χ4v) is 1.98. The number of hydrogen-bond acceptors (Lipinski definition) is 2. The second kappa shape index (κ2) is 1.76. The highest BCUT2D eigenvalue weighted by molar-refractivity contribution is 5.36. The molecule has 10 heavy (non-hydrogen) atoms. The topological polar surface area (TPSA) is 49.8 Å². The predicted molar refractivity (Wildman–Crippen MR) is 37.7 cm³/mol. The Kier molecular flexibility index (Phi) is 1.02. The van der Waals surface area contributed by atoms with E-state index in [2.05, 4.69) is 6.07 Å². The molecule has 0 aromatic carbocycles. The van der Waals surface area contributed by atoms with Crippen LogP contribution in [0.4, 0.5) is 0 Å². The summed E-state index contributed by atoms with van der Waals surface area (Å²) in [4.78, 5) is 0. The van der Waals surface area contributed by atoms with E-state index < -0.39 is 0 Å². The maximum atomic E-state index is 8.67. The molecule has 0 aromatic heterocycles. The third kappa shape index (κ3) is 0.527. The summed E-state index contributed by atoms with van der Waals surface area (Å²) in [6.07, 6.45) is 3.44. The lowest BCUT2D eigenvalue weighted by Gasteiger charge is -2.30. The van der Waals surface area contributed by atoms with Crippen LogP contribution in [0.2, 0.25) is 0 Å². The molecular weight excluding hydrogens is 124 g/mol. The Hall–Kier alpha value is -0.970. The Morgan fingerprint density at radius 2 is 2.30 bits per heavy atom. The minimum atomic E-state index is 0.546. The van der Waals surface area contributed by atoms with Crippen molar-refractivity contribution in [1.82, 2.24) is 0 Å². The standard InChI is InChI=1S/C8H10N2/c9-4-7-6-2-1-5(6)3-8(7)10/h5-6H,1-3,10H2. The molecule has 2 atom stereocenters. The van der Waals surface area contributed by atoms with Crippen molar-refractivity contribution in [3.63, 3.8) is 0 Å². The maximum absolute atomic E-state index is 8.67. The average Bonchev–Trinajstić information content (AvgIpc) is 2.09. The number of rotatable bonds is 0. The molecule has 2 N–H and O–H groups in total. The predicted octanol–water partition coefficient (Wildman–Crippen LogP) is 1.15. The van der Waals surface area contributed by atoms with E-state index in [9.17, 15) is 0 Å². The molecule has 1 saturated carbocycles.